The first kappa shape index (κ1) is 9.18. The predicted octanol–water partition coefficient (Wildman–Crippen LogP) is 2.94. The van der Waals surface area contributed by atoms with E-state index in [-0.39, 0.29) is 0 Å². The predicted molar refractivity (Wildman–Crippen MR) is 32.1 cm³/mol. The average Bonchev–Trinajstić information content (AvgIpc) is 2.08. The molecule has 0 aromatic heterocycles. The standard InChI is InChI=1S/C6F5S/c7-1-2(8)4(10)6(12)5(11)3(1)9. The van der Waals surface area contributed by atoms with Gasteiger partial charge in [-0.25, -0.2) is 22.0 Å². The zero-order chi connectivity index (χ0) is 9.46. The Morgan fingerprint density at radius 1 is 0.583 bits per heavy atom. The van der Waals surface area contributed by atoms with Gasteiger partial charge < -0.3 is 0 Å². The maximum absolute atomic E-state index is 12.3. The lowest BCUT2D eigenvalue weighted by Gasteiger charge is -2.00. The summed E-state index contributed by atoms with van der Waals surface area (Å²) in [5.74, 6) is -10.2. The molecule has 0 N–H and O–H groups in total. The van der Waals surface area contributed by atoms with Crippen LogP contribution in [0.2, 0.25) is 0 Å². The second-order valence-electron chi connectivity index (χ2n) is 1.90. The molecule has 0 bridgehead atoms. The average molecular weight is 199 g/mol. The smallest absolute Gasteiger partial charge is 0.200 e. The summed E-state index contributed by atoms with van der Waals surface area (Å²) in [5, 5.41) is 0. The molecule has 0 aliphatic rings. The van der Waals surface area contributed by atoms with Crippen LogP contribution in [0.15, 0.2) is 4.90 Å². The van der Waals surface area contributed by atoms with Crippen LogP contribution in [0, 0.1) is 29.1 Å². The molecule has 1 aromatic carbocycles. The van der Waals surface area contributed by atoms with E-state index < -0.39 is 34.0 Å². The van der Waals surface area contributed by atoms with Gasteiger partial charge in [-0.1, -0.05) is 12.6 Å². The molecule has 0 atom stereocenters. The van der Waals surface area contributed by atoms with Crippen LogP contribution in [-0.2, 0) is 0 Å². The van der Waals surface area contributed by atoms with Gasteiger partial charge in [0.1, 0.15) is 4.90 Å². The minimum Gasteiger partial charge on any atom is -0.202 e. The molecule has 0 fully saturated rings. The largest absolute Gasteiger partial charge is 0.202 e. The van der Waals surface area contributed by atoms with Crippen molar-refractivity contribution in [2.24, 2.45) is 0 Å². The van der Waals surface area contributed by atoms with Crippen molar-refractivity contribution in [3.05, 3.63) is 29.1 Å². The molecule has 1 aromatic rings. The molecule has 0 aliphatic carbocycles. The van der Waals surface area contributed by atoms with Gasteiger partial charge in [0.05, 0.1) is 0 Å². The van der Waals surface area contributed by atoms with E-state index in [1.165, 1.54) is 0 Å². The number of hydrogen-bond acceptors (Lipinski definition) is 0. The van der Waals surface area contributed by atoms with E-state index in [1.807, 2.05) is 0 Å². The quantitative estimate of drug-likeness (QED) is 0.342. The van der Waals surface area contributed by atoms with Crippen LogP contribution >= 0.6 is 12.6 Å². The number of hydrogen-bond donors (Lipinski definition) is 0. The fourth-order valence-electron chi connectivity index (χ4n) is 0.585. The van der Waals surface area contributed by atoms with E-state index in [1.54, 1.807) is 0 Å². The zero-order valence-corrected chi connectivity index (χ0v) is 6.11. The highest BCUT2D eigenvalue weighted by Crippen LogP contribution is 2.24. The Balaban J connectivity index is 3.60. The van der Waals surface area contributed by atoms with Gasteiger partial charge in [0, 0.05) is 0 Å². The fraction of sp³-hybridized carbons (Fsp3) is 0. The molecule has 0 heterocycles. The molecule has 1 rings (SSSR count). The second kappa shape index (κ2) is 2.85. The highest BCUT2D eigenvalue weighted by atomic mass is 32.1. The zero-order valence-electron chi connectivity index (χ0n) is 5.30. The Hall–Kier alpha value is -0.910. The lowest BCUT2D eigenvalue weighted by atomic mass is 10.3. The van der Waals surface area contributed by atoms with Crippen molar-refractivity contribution in [2.75, 3.05) is 0 Å². The van der Waals surface area contributed by atoms with Gasteiger partial charge in [-0.3, -0.25) is 0 Å². The van der Waals surface area contributed by atoms with E-state index >= 15 is 0 Å². The molecule has 0 aliphatic heterocycles. The number of rotatable bonds is 0. The molecule has 0 nitrogen and oxygen atoms in total. The highest BCUT2D eigenvalue weighted by Gasteiger charge is 2.24. The third-order valence-electron chi connectivity index (χ3n) is 1.17. The van der Waals surface area contributed by atoms with Crippen molar-refractivity contribution in [3.8, 4) is 0 Å². The van der Waals surface area contributed by atoms with Gasteiger partial charge >= 0.3 is 0 Å². The minimum absolute atomic E-state index is 1.29. The molecule has 1 radical (unpaired) electrons. The maximum atomic E-state index is 12.3. The molecule has 0 amide bonds. The van der Waals surface area contributed by atoms with Crippen molar-refractivity contribution in [3.63, 3.8) is 0 Å². The van der Waals surface area contributed by atoms with Crippen LogP contribution in [0.25, 0.3) is 0 Å². The lowest BCUT2D eigenvalue weighted by molar-refractivity contribution is 0.361. The van der Waals surface area contributed by atoms with Crippen molar-refractivity contribution < 1.29 is 22.0 Å². The van der Waals surface area contributed by atoms with E-state index in [2.05, 4.69) is 12.6 Å². The molecule has 6 heteroatoms. The summed E-state index contributed by atoms with van der Waals surface area (Å²) in [6.45, 7) is 0. The molecule has 0 saturated heterocycles. The van der Waals surface area contributed by atoms with Gasteiger partial charge in [-0.15, -0.1) is 0 Å². The third kappa shape index (κ3) is 1.12. The van der Waals surface area contributed by atoms with Crippen molar-refractivity contribution >= 4 is 12.6 Å². The van der Waals surface area contributed by atoms with Crippen LogP contribution in [0.5, 0.6) is 0 Å². The summed E-state index contributed by atoms with van der Waals surface area (Å²) >= 11 is 3.93. The molecule has 12 heavy (non-hydrogen) atoms. The van der Waals surface area contributed by atoms with E-state index in [0.29, 0.717) is 0 Å². The van der Waals surface area contributed by atoms with Crippen molar-refractivity contribution in [2.45, 2.75) is 4.90 Å². The Kier molecular flexibility index (Phi) is 2.18. The summed E-state index contributed by atoms with van der Waals surface area (Å²) < 4.78 is 61.2. The molecule has 65 valence electrons. The minimum atomic E-state index is -2.20. The monoisotopic (exact) mass is 199 g/mol. The first-order chi connectivity index (χ1) is 5.46. The Morgan fingerprint density at radius 3 is 1.17 bits per heavy atom. The second-order valence-corrected chi connectivity index (χ2v) is 2.31. The van der Waals surface area contributed by atoms with Crippen molar-refractivity contribution in [1.29, 1.82) is 0 Å². The summed E-state index contributed by atoms with van der Waals surface area (Å²) in [5.41, 5.74) is 0. The van der Waals surface area contributed by atoms with E-state index in [9.17, 15) is 22.0 Å². The van der Waals surface area contributed by atoms with Crippen LogP contribution in [0.3, 0.4) is 0 Å². The SMILES string of the molecule is Fc1c(F)c(F)c([S])c(F)c1F. The Bertz CT molecular complexity index is 230. The lowest BCUT2D eigenvalue weighted by Crippen LogP contribution is -2.01. The molecular formula is C6F5S. The first-order valence-corrected chi connectivity index (χ1v) is 3.06. The Morgan fingerprint density at radius 2 is 0.833 bits per heavy atom. The molecule has 0 saturated carbocycles. The van der Waals surface area contributed by atoms with Gasteiger partial charge in [0.25, 0.3) is 0 Å². The van der Waals surface area contributed by atoms with Gasteiger partial charge in [0.15, 0.2) is 23.3 Å². The van der Waals surface area contributed by atoms with Crippen LogP contribution < -0.4 is 0 Å². The van der Waals surface area contributed by atoms with Gasteiger partial charge in [0.2, 0.25) is 5.82 Å². The summed E-state index contributed by atoms with van der Waals surface area (Å²) in [4.78, 5) is -1.29. The molecular weight excluding hydrogens is 199 g/mol. The number of halogens is 5. The van der Waals surface area contributed by atoms with Crippen molar-refractivity contribution in [1.82, 2.24) is 0 Å². The van der Waals surface area contributed by atoms with Crippen LogP contribution in [-0.4, -0.2) is 0 Å². The highest BCUT2D eigenvalue weighted by molar-refractivity contribution is 7.80. The third-order valence-corrected chi connectivity index (χ3v) is 1.53. The van der Waals surface area contributed by atoms with Gasteiger partial charge in [-0.05, 0) is 0 Å². The first-order valence-electron chi connectivity index (χ1n) is 2.65. The number of benzene rings is 1. The molecule has 0 spiro atoms. The van der Waals surface area contributed by atoms with E-state index in [4.69, 9.17) is 0 Å². The summed E-state index contributed by atoms with van der Waals surface area (Å²) in [7, 11) is 0. The summed E-state index contributed by atoms with van der Waals surface area (Å²) in [6.07, 6.45) is 0. The van der Waals surface area contributed by atoms with E-state index in [0.717, 1.165) is 0 Å². The van der Waals surface area contributed by atoms with Crippen LogP contribution in [0.1, 0.15) is 0 Å². The topological polar surface area (TPSA) is 0 Å². The van der Waals surface area contributed by atoms with Crippen LogP contribution in [0.4, 0.5) is 22.0 Å². The fourth-order valence-corrected chi connectivity index (χ4v) is 0.764. The maximum Gasteiger partial charge on any atom is 0.200 e. The Labute approximate surface area is 69.4 Å². The summed E-state index contributed by atoms with van der Waals surface area (Å²) in [6, 6.07) is 0. The normalized spacial score (nSPS) is 10.4. The molecule has 0 unspecified atom stereocenters. The van der Waals surface area contributed by atoms with Gasteiger partial charge in [-0.2, -0.15) is 0 Å².